The van der Waals surface area contributed by atoms with Crippen LogP contribution in [0.3, 0.4) is 0 Å². The summed E-state index contributed by atoms with van der Waals surface area (Å²) < 4.78 is 13.4. The van der Waals surface area contributed by atoms with Gasteiger partial charge in [0.15, 0.2) is 0 Å². The molecule has 0 N–H and O–H groups in total. The predicted molar refractivity (Wildman–Crippen MR) is 150 cm³/mol. The Kier molecular flexibility index (Phi) is 8.56. The zero-order valence-electron chi connectivity index (χ0n) is 23.1. The van der Waals surface area contributed by atoms with Gasteiger partial charge in [-0.25, -0.2) is 0 Å². The van der Waals surface area contributed by atoms with E-state index in [0.29, 0.717) is 11.1 Å². The zero-order chi connectivity index (χ0) is 28.3. The molecule has 4 aromatic rings. The van der Waals surface area contributed by atoms with Crippen LogP contribution in [-0.2, 0) is 25.3 Å². The number of carbonyl (C=O) groups is 2. The van der Waals surface area contributed by atoms with E-state index in [9.17, 15) is 9.59 Å². The summed E-state index contributed by atoms with van der Waals surface area (Å²) in [5, 5.41) is 11.8. The number of allylic oxidation sites excluding steroid dienone is 4. The Bertz CT molecular complexity index is 1530. The van der Waals surface area contributed by atoms with Crippen LogP contribution in [0, 0.1) is 5.41 Å². The van der Waals surface area contributed by atoms with Crippen molar-refractivity contribution in [1.82, 2.24) is 0 Å². The molecule has 6 heteroatoms. The summed E-state index contributed by atoms with van der Waals surface area (Å²) in [6.45, 7) is 10.4. The third kappa shape index (κ3) is 5.35. The standard InChI is InChI=1S/2C11H8O2.C10H15.CH3O.Ti/c2*12-11(13)10-7-3-5-8-4-1-2-6-9(8)10;1-7-6-10(4,5)9(3)8(7)2;1-2;/h2*1-7H,(H,12,13);1-5H3;1H3;/q;;;-1;+3/p-2. The average Bonchev–Trinajstić information content (AvgIpc) is 3.11. The molecule has 0 saturated heterocycles. The molecule has 0 aliphatic heterocycles. The normalized spacial score (nSPS) is 14.2. The smallest absolute Gasteiger partial charge is 0.153 e. The topological polar surface area (TPSA) is 75.7 Å². The number of rotatable bonds is 5. The number of hydrogen-bond acceptors (Lipinski definition) is 5. The second kappa shape index (κ2) is 11.7. The molecule has 198 valence electrons. The minimum Gasteiger partial charge on any atom is -0.857 e. The monoisotopic (exact) mass is 556 g/mol. The predicted octanol–water partition coefficient (Wildman–Crippen LogP) is 7.08. The maximum atomic E-state index is 13.6. The molecule has 5 rings (SSSR count). The zero-order valence-corrected chi connectivity index (χ0v) is 24.7. The molecule has 0 saturated carbocycles. The molecule has 1 aliphatic rings. The fraction of sp³-hybridized carbons (Fsp3) is 0.212. The molecule has 0 spiro atoms. The quantitative estimate of drug-likeness (QED) is 0.246. The van der Waals surface area contributed by atoms with Crippen LogP contribution in [0.25, 0.3) is 21.5 Å². The first kappa shape index (κ1) is 28.5. The van der Waals surface area contributed by atoms with Crippen molar-refractivity contribution in [2.24, 2.45) is 5.41 Å². The van der Waals surface area contributed by atoms with E-state index < -0.39 is 30.6 Å². The second-order valence-corrected chi connectivity index (χ2v) is 12.3. The molecule has 0 atom stereocenters. The summed E-state index contributed by atoms with van der Waals surface area (Å²) in [6.07, 6.45) is 0. The molecular weight excluding hydrogens is 524 g/mol. The summed E-state index contributed by atoms with van der Waals surface area (Å²) in [4.78, 5) is 27.3. The van der Waals surface area contributed by atoms with E-state index >= 15 is 0 Å². The minimum absolute atomic E-state index is 0.373. The molecular formula is C33H32O5Ti. The molecule has 0 fully saturated rings. The van der Waals surface area contributed by atoms with Gasteiger partial charge >= 0.3 is 225 Å². The van der Waals surface area contributed by atoms with Crippen LogP contribution in [0.4, 0.5) is 0 Å². The molecule has 0 aromatic heterocycles. The average molecular weight is 556 g/mol. The van der Waals surface area contributed by atoms with Crippen molar-refractivity contribution in [1.29, 1.82) is 0 Å². The van der Waals surface area contributed by atoms with E-state index in [1.54, 1.807) is 12.1 Å². The molecule has 0 heterocycles. The number of hydrogen-bond donors (Lipinski definition) is 0. The summed E-state index contributed by atoms with van der Waals surface area (Å²) in [6, 6.07) is 26.6. The molecule has 0 amide bonds. The molecule has 5 nitrogen and oxygen atoms in total. The van der Waals surface area contributed by atoms with Gasteiger partial charge in [0.05, 0.1) is 0 Å². The maximum absolute atomic E-state index is 13.6. The molecule has 1 aliphatic carbocycles. The van der Waals surface area contributed by atoms with Gasteiger partial charge in [-0.3, -0.25) is 0 Å². The Hall–Kier alpha value is -3.51. The van der Waals surface area contributed by atoms with E-state index in [0.717, 1.165) is 43.7 Å². The first-order valence-electron chi connectivity index (χ1n) is 12.8. The largest absolute Gasteiger partial charge is 0.857 e. The fourth-order valence-electron chi connectivity index (χ4n) is 5.21. The van der Waals surface area contributed by atoms with Gasteiger partial charge in [0, 0.05) is 0 Å². The Morgan fingerprint density at radius 3 is 1.46 bits per heavy atom. The van der Waals surface area contributed by atoms with Crippen molar-refractivity contribution < 1.29 is 40.0 Å². The van der Waals surface area contributed by atoms with Crippen molar-refractivity contribution in [2.45, 2.75) is 34.6 Å². The van der Waals surface area contributed by atoms with E-state index in [-0.39, 0.29) is 5.41 Å². The van der Waals surface area contributed by atoms with E-state index in [1.807, 2.05) is 79.7 Å². The number of fused-ring (bicyclic) bond motifs is 2. The Labute approximate surface area is 236 Å². The van der Waals surface area contributed by atoms with E-state index in [4.69, 9.17) is 11.7 Å². The summed E-state index contributed by atoms with van der Waals surface area (Å²) in [5.41, 5.74) is 3.98. The Morgan fingerprint density at radius 1 is 0.641 bits per heavy atom. The van der Waals surface area contributed by atoms with Crippen molar-refractivity contribution in [2.75, 3.05) is 7.11 Å². The Morgan fingerprint density at radius 2 is 1.05 bits per heavy atom. The van der Waals surface area contributed by atoms with Crippen molar-refractivity contribution in [3.05, 3.63) is 117 Å². The van der Waals surface area contributed by atoms with Gasteiger partial charge in [0.2, 0.25) is 0 Å². The second-order valence-electron chi connectivity index (χ2n) is 9.99. The molecule has 0 unspecified atom stereocenters. The first-order chi connectivity index (χ1) is 18.7. The van der Waals surface area contributed by atoms with Crippen LogP contribution in [-0.4, -0.2) is 19.0 Å². The van der Waals surface area contributed by atoms with Crippen LogP contribution in [0.5, 0.6) is 0 Å². The van der Waals surface area contributed by atoms with E-state index in [2.05, 4.69) is 27.7 Å². The van der Waals surface area contributed by atoms with Crippen LogP contribution in [0.1, 0.15) is 55.3 Å². The van der Waals surface area contributed by atoms with Crippen molar-refractivity contribution in [3.8, 4) is 0 Å². The maximum Gasteiger partial charge on any atom is -0.153 e. The van der Waals surface area contributed by atoms with Crippen LogP contribution in [0.15, 0.2) is 106 Å². The van der Waals surface area contributed by atoms with Gasteiger partial charge in [0.1, 0.15) is 0 Å². The Balaban J connectivity index is 0.00000172. The number of benzene rings is 4. The SMILES string of the molecule is CC1=C(C)C(C)(C)[C]([Ti+]([O]C(=O)c2cccc3ccccc23)[O]C(=O)c2cccc3ccccc23)=C1C.C[O-]. The first-order valence-corrected chi connectivity index (χ1v) is 14.8. The third-order valence-electron chi connectivity index (χ3n) is 7.66. The summed E-state index contributed by atoms with van der Waals surface area (Å²) >= 11 is -3.39. The van der Waals surface area contributed by atoms with Gasteiger partial charge in [-0.2, -0.15) is 7.11 Å². The van der Waals surface area contributed by atoms with Crippen LogP contribution < -0.4 is 5.11 Å². The van der Waals surface area contributed by atoms with Crippen LogP contribution in [0.2, 0.25) is 0 Å². The fourth-order valence-corrected chi connectivity index (χ4v) is 8.32. The molecule has 0 radical (unpaired) electrons. The van der Waals surface area contributed by atoms with Gasteiger partial charge in [0.25, 0.3) is 0 Å². The molecule has 0 bridgehead atoms. The minimum atomic E-state index is -3.39. The summed E-state index contributed by atoms with van der Waals surface area (Å²) in [5.74, 6) is -0.924. The third-order valence-corrected chi connectivity index (χ3v) is 11.0. The molecule has 4 aromatic carbocycles. The van der Waals surface area contributed by atoms with Gasteiger partial charge in [-0.05, 0) is 0 Å². The van der Waals surface area contributed by atoms with Crippen LogP contribution >= 0.6 is 0 Å². The van der Waals surface area contributed by atoms with E-state index in [1.165, 1.54) is 5.57 Å². The molecule has 39 heavy (non-hydrogen) atoms. The number of carbonyl (C=O) groups excluding carboxylic acids is 2. The van der Waals surface area contributed by atoms with Crippen molar-refractivity contribution in [3.63, 3.8) is 0 Å². The van der Waals surface area contributed by atoms with Crippen molar-refractivity contribution >= 4 is 33.5 Å². The van der Waals surface area contributed by atoms with Gasteiger partial charge < -0.3 is 5.11 Å². The van der Waals surface area contributed by atoms with Gasteiger partial charge in [-0.1, -0.05) is 0 Å². The van der Waals surface area contributed by atoms with Gasteiger partial charge in [-0.15, -0.1) is 0 Å². The summed E-state index contributed by atoms with van der Waals surface area (Å²) in [7, 11) is 0.750.